The third-order valence-electron chi connectivity index (χ3n) is 6.85. The molecule has 0 bridgehead atoms. The molecule has 0 fully saturated rings. The largest absolute Gasteiger partial charge is 0.507 e. The number of aromatic hydroxyl groups is 1. The van der Waals surface area contributed by atoms with Crippen molar-refractivity contribution in [3.8, 4) is 5.75 Å². The Morgan fingerprint density at radius 1 is 0.571 bits per heavy atom. The summed E-state index contributed by atoms with van der Waals surface area (Å²) in [7, 11) is 0. The highest BCUT2D eigenvalue weighted by Gasteiger charge is 2.18. The topological polar surface area (TPSA) is 130 Å². The molecule has 42 heavy (non-hydrogen) atoms. The van der Waals surface area contributed by atoms with Gasteiger partial charge in [-0.1, -0.05) is 42.0 Å². The summed E-state index contributed by atoms with van der Waals surface area (Å²) in [6.45, 7) is 5.35. The van der Waals surface area contributed by atoms with Gasteiger partial charge in [0.2, 0.25) is 0 Å². The molecular formula is C33H36N8O. The highest BCUT2D eigenvalue weighted by Crippen LogP contribution is 2.29. The van der Waals surface area contributed by atoms with Crippen LogP contribution in [0.3, 0.4) is 0 Å². The van der Waals surface area contributed by atoms with E-state index in [-0.39, 0.29) is 5.75 Å². The Labute approximate surface area is 246 Å². The Morgan fingerprint density at radius 2 is 1.00 bits per heavy atom. The minimum atomic E-state index is 0.277. The summed E-state index contributed by atoms with van der Waals surface area (Å²) in [5.41, 5.74) is 18.3. The molecule has 4 aromatic heterocycles. The predicted octanol–water partition coefficient (Wildman–Crippen LogP) is 4.85. The van der Waals surface area contributed by atoms with Crippen molar-refractivity contribution < 1.29 is 5.11 Å². The maximum absolute atomic E-state index is 11.6. The molecule has 0 unspecified atom stereocenters. The molecule has 9 nitrogen and oxygen atoms in total. The fourth-order valence-electron chi connectivity index (χ4n) is 5.06. The average molecular weight is 561 g/mol. The lowest BCUT2D eigenvalue weighted by Gasteiger charge is -2.25. The molecule has 5 N–H and O–H groups in total. The van der Waals surface area contributed by atoms with E-state index in [0.717, 1.165) is 39.5 Å². The quantitative estimate of drug-likeness (QED) is 0.196. The summed E-state index contributed by atoms with van der Waals surface area (Å²) < 4.78 is 0. The number of aromatic nitrogens is 4. The first-order valence-electron chi connectivity index (χ1n) is 13.9. The minimum Gasteiger partial charge on any atom is -0.507 e. The first-order valence-corrected chi connectivity index (χ1v) is 13.9. The third-order valence-corrected chi connectivity index (χ3v) is 6.85. The van der Waals surface area contributed by atoms with Crippen LogP contribution in [0.5, 0.6) is 5.75 Å². The normalized spacial score (nSPS) is 11.3. The molecule has 0 amide bonds. The fourth-order valence-corrected chi connectivity index (χ4v) is 5.06. The molecule has 0 radical (unpaired) electrons. The zero-order valence-corrected chi connectivity index (χ0v) is 23.8. The molecule has 4 heterocycles. The van der Waals surface area contributed by atoms with Gasteiger partial charge >= 0.3 is 0 Å². The van der Waals surface area contributed by atoms with Crippen molar-refractivity contribution in [3.05, 3.63) is 137 Å². The van der Waals surface area contributed by atoms with Crippen molar-refractivity contribution in [2.24, 2.45) is 0 Å². The van der Waals surface area contributed by atoms with Crippen molar-refractivity contribution in [2.45, 2.75) is 46.2 Å². The number of anilines is 2. The Kier molecular flexibility index (Phi) is 9.33. The molecule has 214 valence electrons. The van der Waals surface area contributed by atoms with Crippen LogP contribution in [0.25, 0.3) is 0 Å². The number of nitrogen functional groups attached to an aromatic ring is 2. The zero-order valence-electron chi connectivity index (χ0n) is 23.8. The minimum absolute atomic E-state index is 0.277. The van der Waals surface area contributed by atoms with Crippen LogP contribution in [0.2, 0.25) is 0 Å². The lowest BCUT2D eigenvalue weighted by Crippen LogP contribution is -2.25. The molecule has 0 aliphatic heterocycles. The molecular weight excluding hydrogens is 524 g/mol. The molecule has 0 atom stereocenters. The second-order valence-electron chi connectivity index (χ2n) is 10.5. The van der Waals surface area contributed by atoms with Gasteiger partial charge in [0.25, 0.3) is 0 Å². The Morgan fingerprint density at radius 3 is 1.40 bits per heavy atom. The smallest absolute Gasteiger partial charge is 0.124 e. The summed E-state index contributed by atoms with van der Waals surface area (Å²) in [4.78, 5) is 22.5. The molecule has 9 heteroatoms. The summed E-state index contributed by atoms with van der Waals surface area (Å²) in [6, 6.07) is 27.1. The lowest BCUT2D eigenvalue weighted by atomic mass is 10.0. The van der Waals surface area contributed by atoms with Gasteiger partial charge in [0.05, 0.1) is 22.8 Å². The van der Waals surface area contributed by atoms with E-state index in [1.54, 1.807) is 24.5 Å². The first-order chi connectivity index (χ1) is 20.4. The number of phenolic OH excluding ortho intramolecular Hbond substituents is 1. The van der Waals surface area contributed by atoms with Gasteiger partial charge in [-0.25, -0.2) is 9.97 Å². The number of phenols is 1. The number of benzene rings is 1. The van der Waals surface area contributed by atoms with Crippen molar-refractivity contribution in [2.75, 3.05) is 11.5 Å². The monoisotopic (exact) mass is 560 g/mol. The maximum atomic E-state index is 11.6. The van der Waals surface area contributed by atoms with E-state index in [0.29, 0.717) is 50.9 Å². The summed E-state index contributed by atoms with van der Waals surface area (Å²) >= 11 is 0. The number of aryl methyl sites for hydroxylation is 1. The summed E-state index contributed by atoms with van der Waals surface area (Å²) in [5.74, 6) is 1.24. The average Bonchev–Trinajstić information content (AvgIpc) is 2.96. The van der Waals surface area contributed by atoms with Gasteiger partial charge in [-0.2, -0.15) is 0 Å². The number of nitrogens with zero attached hydrogens (tertiary/aromatic N) is 6. The van der Waals surface area contributed by atoms with Crippen molar-refractivity contribution in [3.63, 3.8) is 0 Å². The molecule has 0 aliphatic carbocycles. The van der Waals surface area contributed by atoms with E-state index in [9.17, 15) is 5.11 Å². The first kappa shape index (κ1) is 28.7. The van der Waals surface area contributed by atoms with Crippen LogP contribution in [0.4, 0.5) is 11.6 Å². The molecule has 1 aromatic carbocycles. The standard InChI is InChI=1S/C33H36N8O/c1-24-16-25(18-40(20-27-8-2-4-14-36-27)22-29-10-6-12-31(34)38-29)33(42)26(17-24)19-41(21-28-9-3-5-15-37-28)23-30-11-7-13-32(35)39-30/h2-17,42H,18-23H2,1H3,(H2,34,38)(H2,35,39). The van der Waals surface area contributed by atoms with Crippen LogP contribution in [0.15, 0.2) is 97.3 Å². The Balaban J connectivity index is 1.42. The molecule has 5 aromatic rings. The Hall–Kier alpha value is -4.86. The molecule has 5 rings (SSSR count). The van der Waals surface area contributed by atoms with Crippen LogP contribution in [-0.2, 0) is 39.3 Å². The summed E-state index contributed by atoms with van der Waals surface area (Å²) in [5, 5.41) is 11.6. The van der Waals surface area contributed by atoms with E-state index in [1.165, 1.54) is 0 Å². The van der Waals surface area contributed by atoms with Crippen molar-refractivity contribution >= 4 is 11.6 Å². The SMILES string of the molecule is Cc1cc(CN(Cc2ccccn2)Cc2cccc(N)n2)c(O)c(CN(Cc2ccccn2)Cc2cccc(N)n2)c1. The third kappa shape index (κ3) is 8.09. The highest BCUT2D eigenvalue weighted by molar-refractivity contribution is 5.44. The van der Waals surface area contributed by atoms with Crippen LogP contribution in [0.1, 0.15) is 39.5 Å². The van der Waals surface area contributed by atoms with Gasteiger partial charge in [0.1, 0.15) is 17.4 Å². The summed E-state index contributed by atoms with van der Waals surface area (Å²) in [6.07, 6.45) is 3.58. The molecule has 0 aliphatic rings. The van der Waals surface area contributed by atoms with Gasteiger partial charge in [-0.15, -0.1) is 0 Å². The lowest BCUT2D eigenvalue weighted by molar-refractivity contribution is 0.231. The van der Waals surface area contributed by atoms with E-state index in [2.05, 4.69) is 36.7 Å². The molecule has 0 spiro atoms. The van der Waals surface area contributed by atoms with Crippen LogP contribution in [0, 0.1) is 6.92 Å². The number of hydrogen-bond donors (Lipinski definition) is 3. The zero-order chi connectivity index (χ0) is 29.3. The van der Waals surface area contributed by atoms with E-state index in [4.69, 9.17) is 11.5 Å². The number of rotatable bonds is 12. The van der Waals surface area contributed by atoms with Gasteiger partial charge < -0.3 is 16.6 Å². The molecule has 0 saturated heterocycles. The predicted molar refractivity (Wildman–Crippen MR) is 165 cm³/mol. The van der Waals surface area contributed by atoms with Gasteiger partial charge in [-0.3, -0.25) is 19.8 Å². The molecule has 0 saturated carbocycles. The van der Waals surface area contributed by atoms with Crippen LogP contribution < -0.4 is 11.5 Å². The second-order valence-corrected chi connectivity index (χ2v) is 10.5. The van der Waals surface area contributed by atoms with Gasteiger partial charge in [0, 0.05) is 62.8 Å². The van der Waals surface area contributed by atoms with Gasteiger partial charge in [0.15, 0.2) is 0 Å². The Bertz CT molecular complexity index is 1480. The van der Waals surface area contributed by atoms with Crippen molar-refractivity contribution in [1.29, 1.82) is 0 Å². The van der Waals surface area contributed by atoms with Crippen molar-refractivity contribution in [1.82, 2.24) is 29.7 Å². The van der Waals surface area contributed by atoms with E-state index in [1.807, 2.05) is 72.8 Å². The van der Waals surface area contributed by atoms with Crippen LogP contribution in [-0.4, -0.2) is 34.8 Å². The van der Waals surface area contributed by atoms with Gasteiger partial charge in [-0.05, 0) is 55.5 Å². The number of pyridine rings is 4. The van der Waals surface area contributed by atoms with Crippen LogP contribution >= 0.6 is 0 Å². The second kappa shape index (κ2) is 13.7. The maximum Gasteiger partial charge on any atom is 0.124 e. The highest BCUT2D eigenvalue weighted by atomic mass is 16.3. The van der Waals surface area contributed by atoms with E-state index < -0.39 is 0 Å². The fraction of sp³-hybridized carbons (Fsp3) is 0.212. The van der Waals surface area contributed by atoms with E-state index >= 15 is 0 Å². The number of hydrogen-bond acceptors (Lipinski definition) is 9. The number of nitrogens with two attached hydrogens (primary N) is 2.